The van der Waals surface area contributed by atoms with Crippen LogP contribution in [0, 0.1) is 5.92 Å². The summed E-state index contributed by atoms with van der Waals surface area (Å²) in [5.41, 5.74) is 0. The minimum atomic E-state index is -3.55. The number of sulfonamides is 1. The Morgan fingerprint density at radius 1 is 1.32 bits per heavy atom. The molecule has 0 aromatic carbocycles. The topological polar surface area (TPSA) is 92.5 Å². The van der Waals surface area contributed by atoms with Gasteiger partial charge in [0.25, 0.3) is 0 Å². The van der Waals surface area contributed by atoms with Gasteiger partial charge in [0.1, 0.15) is 0 Å². The Bertz CT molecular complexity index is 434. The lowest BCUT2D eigenvalue weighted by atomic mass is 9.80. The van der Waals surface area contributed by atoms with Gasteiger partial charge in [-0.3, -0.25) is 0 Å². The lowest BCUT2D eigenvalue weighted by Crippen LogP contribution is -2.53. The molecule has 0 radical (unpaired) electrons. The van der Waals surface area contributed by atoms with Gasteiger partial charge in [0.15, 0.2) is 0 Å². The standard InChI is InChI=1S/C12H23N3O3S/c1-9(10-4-2-5-10)14-12(16)15-7-3-6-11(8-15)19(13,17)18/h9-11H,2-8H2,1H3,(H,14,16)(H2,13,17,18). The summed E-state index contributed by atoms with van der Waals surface area (Å²) in [6.07, 6.45) is 4.80. The van der Waals surface area contributed by atoms with Crippen LogP contribution in [0.4, 0.5) is 4.79 Å². The van der Waals surface area contributed by atoms with E-state index in [1.165, 1.54) is 19.3 Å². The molecule has 7 heteroatoms. The van der Waals surface area contributed by atoms with Crippen molar-refractivity contribution in [2.75, 3.05) is 13.1 Å². The molecule has 2 unspecified atom stereocenters. The van der Waals surface area contributed by atoms with Crippen molar-refractivity contribution in [2.45, 2.75) is 50.3 Å². The van der Waals surface area contributed by atoms with Crippen molar-refractivity contribution in [1.82, 2.24) is 10.2 Å². The van der Waals surface area contributed by atoms with E-state index in [1.54, 1.807) is 4.90 Å². The number of primary sulfonamides is 1. The molecule has 0 spiro atoms. The van der Waals surface area contributed by atoms with Crippen molar-refractivity contribution in [3.63, 3.8) is 0 Å². The molecular weight excluding hydrogens is 266 g/mol. The summed E-state index contributed by atoms with van der Waals surface area (Å²) < 4.78 is 22.7. The van der Waals surface area contributed by atoms with E-state index in [0.717, 1.165) is 0 Å². The lowest BCUT2D eigenvalue weighted by Gasteiger charge is -2.36. The Hall–Kier alpha value is -0.820. The molecule has 19 heavy (non-hydrogen) atoms. The first-order valence-electron chi connectivity index (χ1n) is 6.95. The summed E-state index contributed by atoms with van der Waals surface area (Å²) in [4.78, 5) is 13.7. The SMILES string of the molecule is CC(NC(=O)N1CCCC(S(N)(=O)=O)C1)C1CCC1. The van der Waals surface area contributed by atoms with Gasteiger partial charge in [0.2, 0.25) is 10.0 Å². The van der Waals surface area contributed by atoms with Crippen molar-refractivity contribution in [3.8, 4) is 0 Å². The summed E-state index contributed by atoms with van der Waals surface area (Å²) in [5, 5.41) is 7.52. The van der Waals surface area contributed by atoms with Crippen molar-refractivity contribution in [3.05, 3.63) is 0 Å². The van der Waals surface area contributed by atoms with Crippen molar-refractivity contribution in [2.24, 2.45) is 11.1 Å². The first-order valence-corrected chi connectivity index (χ1v) is 8.56. The van der Waals surface area contributed by atoms with E-state index in [0.29, 0.717) is 25.3 Å². The molecule has 2 atom stereocenters. The summed E-state index contributed by atoms with van der Waals surface area (Å²) >= 11 is 0. The first-order chi connectivity index (χ1) is 8.88. The Labute approximate surface area is 114 Å². The number of nitrogens with one attached hydrogen (secondary N) is 1. The average molecular weight is 289 g/mol. The summed E-state index contributed by atoms with van der Waals surface area (Å²) in [7, 11) is -3.55. The third-order valence-corrected chi connectivity index (χ3v) is 5.65. The zero-order valence-electron chi connectivity index (χ0n) is 11.3. The van der Waals surface area contributed by atoms with Crippen molar-refractivity contribution >= 4 is 16.1 Å². The third-order valence-electron chi connectivity index (χ3n) is 4.34. The maximum absolute atomic E-state index is 12.1. The number of nitrogens with two attached hydrogens (primary N) is 1. The van der Waals surface area contributed by atoms with Gasteiger partial charge in [-0.05, 0) is 38.5 Å². The molecule has 1 aliphatic heterocycles. The largest absolute Gasteiger partial charge is 0.335 e. The Kier molecular flexibility index (Phi) is 4.35. The normalized spacial score (nSPS) is 26.6. The first kappa shape index (κ1) is 14.6. The molecule has 0 bridgehead atoms. The van der Waals surface area contributed by atoms with Crippen LogP contribution < -0.4 is 10.5 Å². The van der Waals surface area contributed by atoms with Crippen LogP contribution in [0.5, 0.6) is 0 Å². The summed E-state index contributed by atoms with van der Waals surface area (Å²) in [6.45, 7) is 2.83. The van der Waals surface area contributed by atoms with Crippen LogP contribution in [-0.2, 0) is 10.0 Å². The van der Waals surface area contributed by atoms with E-state index in [1.807, 2.05) is 6.92 Å². The van der Waals surface area contributed by atoms with E-state index in [9.17, 15) is 13.2 Å². The number of likely N-dealkylation sites (tertiary alicyclic amines) is 1. The highest BCUT2D eigenvalue weighted by molar-refractivity contribution is 7.89. The monoisotopic (exact) mass is 289 g/mol. The number of rotatable bonds is 3. The summed E-state index contributed by atoms with van der Waals surface area (Å²) in [6, 6.07) is 0.00357. The fraction of sp³-hybridized carbons (Fsp3) is 0.917. The second-order valence-corrected chi connectivity index (χ2v) is 7.57. The van der Waals surface area contributed by atoms with Crippen molar-refractivity contribution < 1.29 is 13.2 Å². The fourth-order valence-electron chi connectivity index (χ4n) is 2.73. The Balaban J connectivity index is 1.88. The molecular formula is C12H23N3O3S. The van der Waals surface area contributed by atoms with E-state index in [2.05, 4.69) is 5.32 Å². The molecule has 1 saturated heterocycles. The van der Waals surface area contributed by atoms with Gasteiger partial charge < -0.3 is 10.2 Å². The zero-order valence-corrected chi connectivity index (χ0v) is 12.2. The maximum atomic E-state index is 12.1. The highest BCUT2D eigenvalue weighted by Gasteiger charge is 2.32. The molecule has 1 aliphatic carbocycles. The molecule has 2 fully saturated rings. The quantitative estimate of drug-likeness (QED) is 0.798. The second-order valence-electron chi connectivity index (χ2n) is 5.73. The van der Waals surface area contributed by atoms with Crippen LogP contribution in [0.2, 0.25) is 0 Å². The number of hydrogen-bond donors (Lipinski definition) is 2. The Morgan fingerprint density at radius 3 is 2.53 bits per heavy atom. The predicted octanol–water partition coefficient (Wildman–Crippen LogP) is 0.638. The lowest BCUT2D eigenvalue weighted by molar-refractivity contribution is 0.170. The van der Waals surface area contributed by atoms with E-state index >= 15 is 0 Å². The van der Waals surface area contributed by atoms with Crippen LogP contribution >= 0.6 is 0 Å². The average Bonchev–Trinajstić information content (AvgIpc) is 2.25. The number of urea groups is 1. The zero-order chi connectivity index (χ0) is 14.0. The van der Waals surface area contributed by atoms with Gasteiger partial charge in [0.05, 0.1) is 5.25 Å². The highest BCUT2D eigenvalue weighted by Crippen LogP contribution is 2.29. The number of carbonyl (C=O) groups is 1. The van der Waals surface area contributed by atoms with Gasteiger partial charge in [-0.1, -0.05) is 6.42 Å². The smallest absolute Gasteiger partial charge is 0.317 e. The predicted molar refractivity (Wildman–Crippen MR) is 73.0 cm³/mol. The van der Waals surface area contributed by atoms with Gasteiger partial charge in [-0.2, -0.15) is 0 Å². The molecule has 3 N–H and O–H groups in total. The fourth-order valence-corrected chi connectivity index (χ4v) is 3.62. The number of piperidine rings is 1. The van der Waals surface area contributed by atoms with Gasteiger partial charge >= 0.3 is 6.03 Å². The molecule has 0 aromatic rings. The summed E-state index contributed by atoms with van der Waals surface area (Å²) in [5.74, 6) is 0.572. The molecule has 0 aromatic heterocycles. The van der Waals surface area contributed by atoms with E-state index < -0.39 is 15.3 Å². The number of hydrogen-bond acceptors (Lipinski definition) is 3. The van der Waals surface area contributed by atoms with Crippen LogP contribution in [-0.4, -0.2) is 43.7 Å². The minimum Gasteiger partial charge on any atom is -0.335 e. The van der Waals surface area contributed by atoms with Crippen molar-refractivity contribution in [1.29, 1.82) is 0 Å². The highest BCUT2D eigenvalue weighted by atomic mass is 32.2. The molecule has 1 heterocycles. The molecule has 6 nitrogen and oxygen atoms in total. The van der Waals surface area contributed by atoms with Crippen LogP contribution in [0.3, 0.4) is 0 Å². The van der Waals surface area contributed by atoms with E-state index in [-0.39, 0.29) is 18.6 Å². The van der Waals surface area contributed by atoms with Gasteiger partial charge in [-0.25, -0.2) is 18.4 Å². The van der Waals surface area contributed by atoms with Gasteiger partial charge in [0, 0.05) is 19.1 Å². The molecule has 2 rings (SSSR count). The van der Waals surface area contributed by atoms with Gasteiger partial charge in [-0.15, -0.1) is 0 Å². The molecule has 2 amide bonds. The van der Waals surface area contributed by atoms with Crippen LogP contribution in [0.1, 0.15) is 39.0 Å². The minimum absolute atomic E-state index is 0.159. The third kappa shape index (κ3) is 3.60. The maximum Gasteiger partial charge on any atom is 0.317 e. The van der Waals surface area contributed by atoms with Crippen LogP contribution in [0.25, 0.3) is 0 Å². The number of carbonyl (C=O) groups excluding carboxylic acids is 1. The number of nitrogens with zero attached hydrogens (tertiary/aromatic N) is 1. The second kappa shape index (κ2) is 5.66. The molecule has 2 aliphatic rings. The Morgan fingerprint density at radius 2 is 2.00 bits per heavy atom. The van der Waals surface area contributed by atoms with Crippen LogP contribution in [0.15, 0.2) is 0 Å². The van der Waals surface area contributed by atoms with E-state index in [4.69, 9.17) is 5.14 Å². The molecule has 110 valence electrons. The molecule has 1 saturated carbocycles. The number of amides is 2.